The van der Waals surface area contributed by atoms with Crippen LogP contribution in [0.2, 0.25) is 0 Å². The molecular weight excluding hydrogens is 630 g/mol. The van der Waals surface area contributed by atoms with Crippen molar-refractivity contribution in [1.29, 1.82) is 0 Å². The zero-order chi connectivity index (χ0) is 34.9. The van der Waals surface area contributed by atoms with Crippen molar-refractivity contribution in [3.05, 3.63) is 114 Å². The molecule has 0 unspecified atom stereocenters. The number of hydrogen-bond acceptors (Lipinski definition) is 7. The van der Waals surface area contributed by atoms with Crippen molar-refractivity contribution in [2.45, 2.75) is 50.2 Å². The second-order valence-electron chi connectivity index (χ2n) is 12.2. The Morgan fingerprint density at radius 1 is 0.750 bits per heavy atom. The molecule has 254 valence electrons. The smallest absolute Gasteiger partial charge is 0.264 e. The van der Waals surface area contributed by atoms with E-state index in [0.717, 1.165) is 9.87 Å². The summed E-state index contributed by atoms with van der Waals surface area (Å²) in [5.74, 6) is 0.180. The second-order valence-corrected chi connectivity index (χ2v) is 14.0. The van der Waals surface area contributed by atoms with Crippen LogP contribution in [0.3, 0.4) is 0 Å². The maximum Gasteiger partial charge on any atom is 0.264 e. The molecule has 0 aliphatic rings. The first-order valence-corrected chi connectivity index (χ1v) is 16.9. The number of carbonyl (C=O) groups excluding carboxylic acids is 2. The topological polar surface area (TPSA) is 114 Å². The van der Waals surface area contributed by atoms with Gasteiger partial charge in [-0.3, -0.25) is 13.9 Å². The molecule has 1 atom stereocenters. The molecule has 0 aliphatic heterocycles. The van der Waals surface area contributed by atoms with Crippen LogP contribution in [0.4, 0.5) is 5.69 Å². The summed E-state index contributed by atoms with van der Waals surface area (Å²) < 4.78 is 46.1. The number of sulfonamides is 1. The Bertz CT molecular complexity index is 1790. The number of nitrogens with one attached hydrogen (secondary N) is 1. The monoisotopic (exact) mass is 673 g/mol. The van der Waals surface area contributed by atoms with E-state index in [-0.39, 0.29) is 35.2 Å². The minimum atomic E-state index is -4.33. The molecule has 0 saturated carbocycles. The number of nitrogens with zero attached hydrogens (tertiary/aromatic N) is 2. The van der Waals surface area contributed by atoms with Gasteiger partial charge in [0.1, 0.15) is 29.8 Å². The van der Waals surface area contributed by atoms with E-state index in [2.05, 4.69) is 5.32 Å². The molecule has 48 heavy (non-hydrogen) atoms. The summed E-state index contributed by atoms with van der Waals surface area (Å²) in [5, 5.41) is 3.03. The van der Waals surface area contributed by atoms with Gasteiger partial charge in [0.05, 0.1) is 31.9 Å². The number of benzene rings is 4. The Kier molecular flexibility index (Phi) is 11.7. The van der Waals surface area contributed by atoms with E-state index in [9.17, 15) is 18.0 Å². The van der Waals surface area contributed by atoms with Crippen LogP contribution in [0.5, 0.6) is 17.2 Å². The lowest BCUT2D eigenvalue weighted by atomic mass is 10.0. The molecule has 0 fully saturated rings. The van der Waals surface area contributed by atoms with Gasteiger partial charge in [0.2, 0.25) is 11.8 Å². The third-order valence-electron chi connectivity index (χ3n) is 7.52. The van der Waals surface area contributed by atoms with Crippen LogP contribution in [0, 0.1) is 0 Å². The van der Waals surface area contributed by atoms with Crippen molar-refractivity contribution in [1.82, 2.24) is 10.2 Å². The second kappa shape index (κ2) is 15.7. The molecule has 0 bridgehead atoms. The van der Waals surface area contributed by atoms with Gasteiger partial charge in [-0.25, -0.2) is 8.42 Å². The van der Waals surface area contributed by atoms with E-state index in [1.54, 1.807) is 55.6 Å². The van der Waals surface area contributed by atoms with E-state index in [4.69, 9.17) is 14.2 Å². The summed E-state index contributed by atoms with van der Waals surface area (Å²) in [7, 11) is 0.101. The predicted octanol–water partition coefficient (Wildman–Crippen LogP) is 5.46. The summed E-state index contributed by atoms with van der Waals surface area (Å²) in [4.78, 5) is 30.3. The zero-order valence-corrected chi connectivity index (χ0v) is 29.0. The van der Waals surface area contributed by atoms with Crippen LogP contribution in [0.1, 0.15) is 31.9 Å². The van der Waals surface area contributed by atoms with Gasteiger partial charge in [-0.1, -0.05) is 60.7 Å². The van der Waals surface area contributed by atoms with E-state index >= 15 is 0 Å². The van der Waals surface area contributed by atoms with Crippen molar-refractivity contribution in [2.75, 3.05) is 32.2 Å². The van der Waals surface area contributed by atoms with Crippen LogP contribution in [-0.2, 0) is 32.6 Å². The van der Waals surface area contributed by atoms with Crippen molar-refractivity contribution < 1.29 is 32.2 Å². The minimum Gasteiger partial charge on any atom is -0.497 e. The van der Waals surface area contributed by atoms with Crippen LogP contribution < -0.4 is 23.8 Å². The quantitative estimate of drug-likeness (QED) is 0.189. The van der Waals surface area contributed by atoms with Gasteiger partial charge in [0.15, 0.2) is 0 Å². The van der Waals surface area contributed by atoms with E-state index < -0.39 is 34.1 Å². The summed E-state index contributed by atoms with van der Waals surface area (Å²) in [5.41, 5.74) is 1.03. The van der Waals surface area contributed by atoms with Crippen molar-refractivity contribution in [3.8, 4) is 17.2 Å². The summed E-state index contributed by atoms with van der Waals surface area (Å²) in [6, 6.07) is 28.1. The first kappa shape index (κ1) is 35.8. The third-order valence-corrected chi connectivity index (χ3v) is 9.30. The summed E-state index contributed by atoms with van der Waals surface area (Å²) in [6.07, 6.45) is 0.187. The lowest BCUT2D eigenvalue weighted by Crippen LogP contribution is -2.56. The number of hydrogen-bond donors (Lipinski definition) is 1. The van der Waals surface area contributed by atoms with E-state index in [1.807, 2.05) is 57.2 Å². The normalized spacial score (nSPS) is 12.0. The highest BCUT2D eigenvalue weighted by molar-refractivity contribution is 7.92. The maximum absolute atomic E-state index is 14.8. The van der Waals surface area contributed by atoms with Crippen LogP contribution >= 0.6 is 0 Å². The number of rotatable bonds is 14. The number of methoxy groups -OCH3 is 3. The molecule has 10 nitrogen and oxygen atoms in total. The Morgan fingerprint density at radius 3 is 1.96 bits per heavy atom. The van der Waals surface area contributed by atoms with Gasteiger partial charge in [-0.05, 0) is 68.3 Å². The molecule has 0 radical (unpaired) electrons. The SMILES string of the molecule is COc1cccc(CN(C(=O)CN(c2cc(OC)ccc2OC)S(=O)(=O)c2ccccc2)[C@H](Cc2ccccc2)C(=O)NC(C)(C)C)c1. The molecule has 0 aromatic heterocycles. The van der Waals surface area contributed by atoms with Gasteiger partial charge in [0.25, 0.3) is 10.0 Å². The predicted molar refractivity (Wildman–Crippen MR) is 186 cm³/mol. The molecule has 1 N–H and O–H groups in total. The highest BCUT2D eigenvalue weighted by Gasteiger charge is 2.36. The standard InChI is InChI=1S/C37H43N3O7S/c1-37(2,3)38-36(42)33(23-27-14-9-7-10-15-27)39(25-28-16-13-17-29(22-28)45-4)35(41)26-40(48(43,44)31-18-11-8-12-19-31)32-24-30(46-5)20-21-34(32)47-6/h7-22,24,33H,23,25-26H2,1-6H3,(H,38,42)/t33-/m1/s1. The van der Waals surface area contributed by atoms with E-state index in [1.165, 1.54) is 37.3 Å². The Labute approximate surface area is 283 Å². The average Bonchev–Trinajstić information content (AvgIpc) is 3.08. The molecule has 0 heterocycles. The third kappa shape index (κ3) is 9.07. The van der Waals surface area contributed by atoms with Crippen LogP contribution in [0.15, 0.2) is 108 Å². The van der Waals surface area contributed by atoms with Crippen molar-refractivity contribution in [3.63, 3.8) is 0 Å². The van der Waals surface area contributed by atoms with E-state index in [0.29, 0.717) is 17.1 Å². The lowest BCUT2D eigenvalue weighted by Gasteiger charge is -2.35. The van der Waals surface area contributed by atoms with Gasteiger partial charge in [0, 0.05) is 24.6 Å². The molecule has 0 spiro atoms. The molecule has 11 heteroatoms. The molecule has 4 aromatic carbocycles. The largest absolute Gasteiger partial charge is 0.497 e. The fraction of sp³-hybridized carbons (Fsp3) is 0.297. The van der Waals surface area contributed by atoms with Gasteiger partial charge < -0.3 is 24.4 Å². The fourth-order valence-corrected chi connectivity index (χ4v) is 6.64. The first-order valence-electron chi connectivity index (χ1n) is 15.4. The Morgan fingerprint density at radius 2 is 1.35 bits per heavy atom. The average molecular weight is 674 g/mol. The first-order chi connectivity index (χ1) is 22.9. The summed E-state index contributed by atoms with van der Waals surface area (Å²) >= 11 is 0. The lowest BCUT2D eigenvalue weighted by molar-refractivity contribution is -0.140. The zero-order valence-electron chi connectivity index (χ0n) is 28.2. The van der Waals surface area contributed by atoms with Gasteiger partial charge in [-0.15, -0.1) is 0 Å². The summed E-state index contributed by atoms with van der Waals surface area (Å²) in [6.45, 7) is 4.95. The molecule has 0 aliphatic carbocycles. The highest BCUT2D eigenvalue weighted by atomic mass is 32.2. The van der Waals surface area contributed by atoms with Crippen molar-refractivity contribution in [2.24, 2.45) is 0 Å². The number of anilines is 1. The van der Waals surface area contributed by atoms with Gasteiger partial charge in [-0.2, -0.15) is 0 Å². The minimum absolute atomic E-state index is 0.000430. The highest BCUT2D eigenvalue weighted by Crippen LogP contribution is 2.36. The molecule has 4 rings (SSSR count). The Balaban J connectivity index is 1.88. The van der Waals surface area contributed by atoms with Crippen molar-refractivity contribution >= 4 is 27.5 Å². The van der Waals surface area contributed by atoms with Crippen LogP contribution in [-0.4, -0.2) is 64.6 Å². The number of ether oxygens (including phenoxy) is 3. The fourth-order valence-electron chi connectivity index (χ4n) is 5.20. The van der Waals surface area contributed by atoms with Gasteiger partial charge >= 0.3 is 0 Å². The van der Waals surface area contributed by atoms with Crippen LogP contribution in [0.25, 0.3) is 0 Å². The number of amides is 2. The number of carbonyl (C=O) groups is 2. The molecular formula is C37H43N3O7S. The molecule has 2 amide bonds. The molecule has 0 saturated heterocycles. The molecule has 4 aromatic rings. The maximum atomic E-state index is 14.8. The Hall–Kier alpha value is -5.03.